The van der Waals surface area contributed by atoms with Crippen molar-refractivity contribution in [1.82, 2.24) is 0 Å². The first-order valence-electron chi connectivity index (χ1n) is 7.97. The molecule has 3 heterocycles. The van der Waals surface area contributed by atoms with Crippen molar-refractivity contribution in [2.75, 3.05) is 6.61 Å². The molecule has 2 saturated heterocycles. The number of fused-ring (bicyclic) bond motifs is 1. The van der Waals surface area contributed by atoms with Gasteiger partial charge in [-0.15, -0.1) is 0 Å². The predicted octanol–water partition coefficient (Wildman–Crippen LogP) is 1.21. The van der Waals surface area contributed by atoms with Gasteiger partial charge in [0.2, 0.25) is 5.76 Å². The topological polar surface area (TPSA) is 67.9 Å². The highest BCUT2D eigenvalue weighted by molar-refractivity contribution is 6.81. The quantitative estimate of drug-likeness (QED) is 0.396. The summed E-state index contributed by atoms with van der Waals surface area (Å²) in [6.45, 7) is 8.87. The molecule has 7 nitrogen and oxygen atoms in total. The molecule has 0 N–H and O–H groups in total. The fraction of sp³-hybridized carbons (Fsp3) is 0.667. The summed E-state index contributed by atoms with van der Waals surface area (Å²) < 4.78 is 40.5. The maximum Gasteiger partial charge on any atom is 0.317 e. The summed E-state index contributed by atoms with van der Waals surface area (Å²) >= 11 is 0. The van der Waals surface area contributed by atoms with Crippen LogP contribution in [0.5, 0.6) is 0 Å². The molecule has 3 unspecified atom stereocenters. The average Bonchev–Trinajstić information content (AvgIpc) is 3.21. The van der Waals surface area contributed by atoms with Gasteiger partial charge in [-0.05, 0) is 38.7 Å². The fourth-order valence-corrected chi connectivity index (χ4v) is 17.4. The summed E-state index contributed by atoms with van der Waals surface area (Å²) in [5.74, 6) is 1.56. The van der Waals surface area contributed by atoms with Gasteiger partial charge in [0.1, 0.15) is 0 Å². The molecule has 0 bridgehead atoms. The van der Waals surface area contributed by atoms with E-state index in [-0.39, 0.29) is 6.29 Å². The van der Waals surface area contributed by atoms with E-state index in [0.29, 0.717) is 6.61 Å². The van der Waals surface area contributed by atoms with Gasteiger partial charge in [-0.25, -0.2) is 0 Å². The molecule has 2 fully saturated rings. The summed E-state index contributed by atoms with van der Waals surface area (Å²) in [5, 5.41) is 0. The normalized spacial score (nSPS) is 39.7. The van der Waals surface area contributed by atoms with Crippen molar-refractivity contribution in [3.05, 3.63) is 23.9 Å². The van der Waals surface area contributed by atoms with Gasteiger partial charge in [0, 0.05) is 6.08 Å². The maximum absolute atomic E-state index is 6.24. The van der Waals surface area contributed by atoms with Crippen LogP contribution in [0.3, 0.4) is 0 Å². The van der Waals surface area contributed by atoms with Crippen LogP contribution in [0.1, 0.15) is 6.42 Å². The van der Waals surface area contributed by atoms with Crippen molar-refractivity contribution in [3.63, 3.8) is 0 Å². The zero-order valence-corrected chi connectivity index (χ0v) is 18.4. The van der Waals surface area contributed by atoms with E-state index in [9.17, 15) is 0 Å². The molecule has 0 radical (unpaired) electrons. The lowest BCUT2D eigenvalue weighted by Crippen LogP contribution is -2.53. The lowest BCUT2D eigenvalue weighted by Gasteiger charge is -2.37. The van der Waals surface area contributed by atoms with Gasteiger partial charge in [0.05, 0.1) is 12.9 Å². The third kappa shape index (κ3) is 4.79. The number of ether oxygens (including phenoxy) is 3. The lowest BCUT2D eigenvalue weighted by atomic mass is 10.4. The Bertz CT molecular complexity index is 486. The molecule has 0 aromatic rings. The smallest absolute Gasteiger partial charge is 0.317 e. The largest absolute Gasteiger partial charge is 0.490 e. The van der Waals surface area contributed by atoms with E-state index < -0.39 is 36.4 Å². The van der Waals surface area contributed by atoms with Crippen LogP contribution in [-0.4, -0.2) is 49.3 Å². The fourth-order valence-electron chi connectivity index (χ4n) is 2.77. The molecule has 0 aliphatic carbocycles. The molecule has 11 heteroatoms. The second-order valence-corrected chi connectivity index (χ2v) is 16.2. The molecule has 130 valence electrons. The third-order valence-electron chi connectivity index (χ3n) is 3.69. The van der Waals surface area contributed by atoms with Crippen LogP contribution in [0.4, 0.5) is 0 Å². The minimum Gasteiger partial charge on any atom is -0.490 e. The van der Waals surface area contributed by atoms with Gasteiger partial charge in [0.15, 0.2) is 5.76 Å². The van der Waals surface area contributed by atoms with E-state index in [2.05, 4.69) is 19.6 Å². The number of allylic oxidation sites excluding steroid dienone is 1. The zero-order chi connectivity index (χ0) is 16.4. The zero-order valence-electron chi connectivity index (χ0n) is 13.9. The minimum absolute atomic E-state index is 0.224. The van der Waals surface area contributed by atoms with Gasteiger partial charge >= 0.3 is 14.9 Å². The van der Waals surface area contributed by atoms with Crippen molar-refractivity contribution in [1.29, 1.82) is 0 Å². The van der Waals surface area contributed by atoms with E-state index in [0.717, 1.165) is 24.0 Å². The van der Waals surface area contributed by atoms with Crippen molar-refractivity contribution in [2.45, 2.75) is 44.9 Å². The van der Waals surface area contributed by atoms with Crippen LogP contribution in [-0.2, 0) is 30.7 Å². The standard InChI is InChI=1S/C12H24O7Si4/c1-20-16-21(2)18-23(4,19-22(3)17-20)9-5-7-13-10-6-8-14-12-11(10)15-12/h6,8,12,20-22H,5,7,9H2,1-4H3. The third-order valence-corrected chi connectivity index (χ3v) is 17.7. The summed E-state index contributed by atoms with van der Waals surface area (Å²) in [4.78, 5) is 0. The second-order valence-electron chi connectivity index (χ2n) is 5.91. The van der Waals surface area contributed by atoms with Crippen molar-refractivity contribution < 1.29 is 30.7 Å². The highest BCUT2D eigenvalue weighted by atomic mass is 28.5. The van der Waals surface area contributed by atoms with Gasteiger partial charge in [0.25, 0.3) is 27.9 Å². The summed E-state index contributed by atoms with van der Waals surface area (Å²) in [6, 6.07) is 0.872. The average molecular weight is 393 g/mol. The molecule has 0 spiro atoms. The highest BCUT2D eigenvalue weighted by Gasteiger charge is 2.41. The number of epoxide rings is 1. The van der Waals surface area contributed by atoms with Crippen molar-refractivity contribution >= 4 is 36.4 Å². The summed E-state index contributed by atoms with van der Waals surface area (Å²) in [6.07, 6.45) is 4.04. The Labute approximate surface area is 142 Å². The maximum atomic E-state index is 6.24. The Kier molecular flexibility index (Phi) is 5.47. The van der Waals surface area contributed by atoms with E-state index in [1.807, 2.05) is 6.55 Å². The minimum atomic E-state index is -2.24. The van der Waals surface area contributed by atoms with Crippen LogP contribution in [0.25, 0.3) is 0 Å². The van der Waals surface area contributed by atoms with Crippen LogP contribution in [0.15, 0.2) is 23.9 Å². The molecular weight excluding hydrogens is 368 g/mol. The Morgan fingerprint density at radius 2 is 1.83 bits per heavy atom. The Balaban J connectivity index is 1.46. The first-order chi connectivity index (χ1) is 11.0. The predicted molar refractivity (Wildman–Crippen MR) is 92.5 cm³/mol. The number of rotatable bonds is 5. The first kappa shape index (κ1) is 17.4. The van der Waals surface area contributed by atoms with Crippen LogP contribution < -0.4 is 0 Å². The van der Waals surface area contributed by atoms with E-state index in [4.69, 9.17) is 30.7 Å². The van der Waals surface area contributed by atoms with Crippen LogP contribution in [0, 0.1) is 0 Å². The molecule has 23 heavy (non-hydrogen) atoms. The van der Waals surface area contributed by atoms with E-state index in [1.54, 1.807) is 12.3 Å². The Morgan fingerprint density at radius 3 is 2.52 bits per heavy atom. The van der Waals surface area contributed by atoms with Crippen LogP contribution in [0.2, 0.25) is 32.2 Å². The Morgan fingerprint density at radius 1 is 1.13 bits per heavy atom. The molecule has 0 saturated carbocycles. The molecule has 3 aliphatic rings. The molecule has 0 aromatic heterocycles. The van der Waals surface area contributed by atoms with Gasteiger partial charge < -0.3 is 30.7 Å². The number of hydrogen-bond donors (Lipinski definition) is 0. The molecule has 0 amide bonds. The SMILES string of the molecule is C[SiH]1O[SiH](C)O[Si](C)(CCCOC2=C3OC3OC=C2)O[SiH](C)O1. The first-order valence-corrected chi connectivity index (χ1v) is 16.8. The lowest BCUT2D eigenvalue weighted by molar-refractivity contribution is 0.130. The molecule has 3 atom stereocenters. The number of hydrogen-bond acceptors (Lipinski definition) is 7. The molecule has 0 aromatic carbocycles. The summed E-state index contributed by atoms with van der Waals surface area (Å²) in [5.41, 5.74) is 0. The Hall–Kier alpha value is -0.412. The second kappa shape index (κ2) is 7.22. The highest BCUT2D eigenvalue weighted by Crippen LogP contribution is 2.35. The van der Waals surface area contributed by atoms with Crippen LogP contribution >= 0.6 is 0 Å². The monoisotopic (exact) mass is 392 g/mol. The molecule has 3 aliphatic heterocycles. The van der Waals surface area contributed by atoms with Gasteiger partial charge in [-0.3, -0.25) is 0 Å². The van der Waals surface area contributed by atoms with Gasteiger partial charge in [-0.1, -0.05) is 0 Å². The van der Waals surface area contributed by atoms with Gasteiger partial charge in [-0.2, -0.15) is 0 Å². The molecular formula is C12H24O7Si4. The summed E-state index contributed by atoms with van der Waals surface area (Å²) in [7, 11) is -7.14. The van der Waals surface area contributed by atoms with Crippen molar-refractivity contribution in [2.24, 2.45) is 0 Å². The molecule has 3 rings (SSSR count). The van der Waals surface area contributed by atoms with Crippen molar-refractivity contribution in [3.8, 4) is 0 Å². The van der Waals surface area contributed by atoms with E-state index in [1.165, 1.54) is 0 Å². The van der Waals surface area contributed by atoms with E-state index >= 15 is 0 Å².